The van der Waals surface area contributed by atoms with Crippen molar-refractivity contribution in [2.45, 2.75) is 84.2 Å². The highest BCUT2D eigenvalue weighted by Gasteiger charge is 2.19. The van der Waals surface area contributed by atoms with E-state index >= 15 is 0 Å². The van der Waals surface area contributed by atoms with Crippen molar-refractivity contribution in [2.24, 2.45) is 0 Å². The fourth-order valence-corrected chi connectivity index (χ4v) is 3.74. The van der Waals surface area contributed by atoms with Gasteiger partial charge in [0.1, 0.15) is 6.54 Å². The zero-order chi connectivity index (χ0) is 20.1. The van der Waals surface area contributed by atoms with Gasteiger partial charge in [0.05, 0.1) is 11.4 Å². The maximum absolute atomic E-state index is 12.6. The van der Waals surface area contributed by atoms with Crippen LogP contribution < -0.4 is 10.9 Å². The number of hydrogen-bond acceptors (Lipinski definition) is 5. The second-order valence-electron chi connectivity index (χ2n) is 8.04. The molecule has 0 spiro atoms. The number of amides is 1. The lowest BCUT2D eigenvalue weighted by molar-refractivity contribution is -0.122. The molecule has 1 aliphatic rings. The Bertz CT molecular complexity index is 861. The van der Waals surface area contributed by atoms with Crippen molar-refractivity contribution in [3.8, 4) is 11.3 Å². The highest BCUT2D eigenvalue weighted by atomic mass is 16.5. The average Bonchev–Trinajstić information content (AvgIpc) is 3.04. The summed E-state index contributed by atoms with van der Waals surface area (Å²) in [5.74, 6) is 0.441. The van der Waals surface area contributed by atoms with Crippen molar-refractivity contribution in [1.82, 2.24) is 20.3 Å². The molecule has 1 fully saturated rings. The predicted molar refractivity (Wildman–Crippen MR) is 107 cm³/mol. The zero-order valence-corrected chi connectivity index (χ0v) is 17.0. The van der Waals surface area contributed by atoms with Gasteiger partial charge >= 0.3 is 0 Å². The van der Waals surface area contributed by atoms with Crippen LogP contribution in [0.2, 0.25) is 0 Å². The number of hydrogen-bond donors (Lipinski definition) is 1. The lowest BCUT2D eigenvalue weighted by Crippen LogP contribution is -2.40. The molecule has 0 aliphatic heterocycles. The highest BCUT2D eigenvalue weighted by Crippen LogP contribution is 2.26. The summed E-state index contributed by atoms with van der Waals surface area (Å²) in [6.45, 7) is 5.76. The van der Waals surface area contributed by atoms with Crippen LogP contribution in [0.4, 0.5) is 0 Å². The summed E-state index contributed by atoms with van der Waals surface area (Å²) in [6, 6.07) is 3.48. The molecule has 7 heteroatoms. The lowest BCUT2D eigenvalue weighted by atomic mass is 9.97. The standard InChI is InChI=1S/C21H30N4O3/c1-14(2)21-17(18-11-15(3)24-28-18)12-20(27)25(23-21)13-19(26)22-16-9-7-5-4-6-8-10-16/h11-12,14,16H,4-10,13H2,1-3H3,(H,22,26). The van der Waals surface area contributed by atoms with Gasteiger partial charge in [0.15, 0.2) is 5.76 Å². The van der Waals surface area contributed by atoms with Gasteiger partial charge in [0.25, 0.3) is 5.56 Å². The van der Waals surface area contributed by atoms with Gasteiger partial charge in [0, 0.05) is 23.7 Å². The van der Waals surface area contributed by atoms with Gasteiger partial charge in [-0.2, -0.15) is 5.10 Å². The van der Waals surface area contributed by atoms with Crippen molar-refractivity contribution in [3.63, 3.8) is 0 Å². The minimum atomic E-state index is -0.318. The molecule has 2 aromatic rings. The Kier molecular flexibility index (Phi) is 6.65. The Labute approximate surface area is 165 Å². The number of rotatable bonds is 5. The number of aromatic nitrogens is 3. The number of aryl methyl sites for hydroxylation is 1. The van der Waals surface area contributed by atoms with Crippen LogP contribution >= 0.6 is 0 Å². The molecule has 0 radical (unpaired) electrons. The first-order valence-electron chi connectivity index (χ1n) is 10.3. The van der Waals surface area contributed by atoms with Gasteiger partial charge < -0.3 is 9.84 Å². The van der Waals surface area contributed by atoms with E-state index in [1.807, 2.05) is 20.8 Å². The van der Waals surface area contributed by atoms with Gasteiger partial charge in [-0.05, 0) is 25.7 Å². The minimum absolute atomic E-state index is 0.0647. The van der Waals surface area contributed by atoms with Crippen LogP contribution in [0.3, 0.4) is 0 Å². The molecule has 3 rings (SSSR count). The molecular formula is C21H30N4O3. The molecule has 28 heavy (non-hydrogen) atoms. The van der Waals surface area contributed by atoms with Crippen LogP contribution in [0.15, 0.2) is 21.5 Å². The maximum Gasteiger partial charge on any atom is 0.267 e. The molecule has 2 aromatic heterocycles. The largest absolute Gasteiger partial charge is 0.356 e. The summed E-state index contributed by atoms with van der Waals surface area (Å²) >= 11 is 0. The summed E-state index contributed by atoms with van der Waals surface area (Å²) in [6.07, 6.45) is 8.05. The lowest BCUT2D eigenvalue weighted by Gasteiger charge is -2.21. The maximum atomic E-state index is 12.6. The van der Waals surface area contributed by atoms with Crippen LogP contribution in [0.1, 0.15) is 76.1 Å². The number of carbonyl (C=O) groups excluding carboxylic acids is 1. The van der Waals surface area contributed by atoms with E-state index in [1.54, 1.807) is 6.07 Å². The molecular weight excluding hydrogens is 356 g/mol. The third-order valence-electron chi connectivity index (χ3n) is 5.23. The smallest absolute Gasteiger partial charge is 0.267 e. The molecule has 0 atom stereocenters. The number of carbonyl (C=O) groups is 1. The SMILES string of the molecule is Cc1cc(-c2cc(=O)n(CC(=O)NC3CCCCCCC3)nc2C(C)C)on1. The number of nitrogens with zero attached hydrogens (tertiary/aromatic N) is 3. The topological polar surface area (TPSA) is 90.0 Å². The minimum Gasteiger partial charge on any atom is -0.356 e. The number of nitrogens with one attached hydrogen (secondary N) is 1. The summed E-state index contributed by atoms with van der Waals surface area (Å²) in [5.41, 5.74) is 1.78. The van der Waals surface area contributed by atoms with Gasteiger partial charge in [-0.1, -0.05) is 51.1 Å². The first-order valence-corrected chi connectivity index (χ1v) is 10.3. The van der Waals surface area contributed by atoms with Gasteiger partial charge in [0.2, 0.25) is 5.91 Å². The van der Waals surface area contributed by atoms with Crippen molar-refractivity contribution in [3.05, 3.63) is 33.9 Å². The van der Waals surface area contributed by atoms with Crippen molar-refractivity contribution in [1.29, 1.82) is 0 Å². The summed E-state index contributed by atoms with van der Waals surface area (Å²) in [7, 11) is 0. The van der Waals surface area contributed by atoms with E-state index in [0.29, 0.717) is 11.3 Å². The first kappa shape index (κ1) is 20.3. The zero-order valence-electron chi connectivity index (χ0n) is 17.0. The van der Waals surface area contributed by atoms with Crippen LogP contribution in [-0.2, 0) is 11.3 Å². The average molecular weight is 386 g/mol. The monoisotopic (exact) mass is 386 g/mol. The Hall–Kier alpha value is -2.44. The summed E-state index contributed by atoms with van der Waals surface area (Å²) in [4.78, 5) is 25.1. The van der Waals surface area contributed by atoms with Crippen molar-refractivity contribution in [2.75, 3.05) is 0 Å². The normalized spacial score (nSPS) is 16.0. The Morgan fingerprint density at radius 1 is 1.21 bits per heavy atom. The molecule has 0 aromatic carbocycles. The van der Waals surface area contributed by atoms with Crippen molar-refractivity contribution < 1.29 is 9.32 Å². The van der Waals surface area contributed by atoms with E-state index in [9.17, 15) is 9.59 Å². The molecule has 152 valence electrons. The van der Waals surface area contributed by atoms with E-state index in [4.69, 9.17) is 4.52 Å². The molecule has 1 aliphatic carbocycles. The summed E-state index contributed by atoms with van der Waals surface area (Å²) in [5, 5.41) is 11.5. The van der Waals surface area contributed by atoms with Crippen LogP contribution in [0.5, 0.6) is 0 Å². The predicted octanol–water partition coefficient (Wildman–Crippen LogP) is 3.56. The van der Waals surface area contributed by atoms with Crippen molar-refractivity contribution >= 4 is 5.91 Å². The van der Waals surface area contributed by atoms with Gasteiger partial charge in [-0.15, -0.1) is 0 Å². The third-order valence-corrected chi connectivity index (χ3v) is 5.23. The molecule has 1 saturated carbocycles. The van der Waals surface area contributed by atoms with E-state index in [2.05, 4.69) is 15.6 Å². The Morgan fingerprint density at radius 3 is 2.50 bits per heavy atom. The Balaban J connectivity index is 1.77. The van der Waals surface area contributed by atoms with E-state index in [0.717, 1.165) is 37.1 Å². The molecule has 2 heterocycles. The third kappa shape index (κ3) is 5.09. The fourth-order valence-electron chi connectivity index (χ4n) is 3.74. The molecule has 0 saturated heterocycles. The van der Waals surface area contributed by atoms with Crippen LogP contribution in [0.25, 0.3) is 11.3 Å². The van der Waals surface area contributed by atoms with Gasteiger partial charge in [-0.3, -0.25) is 9.59 Å². The van der Waals surface area contributed by atoms with E-state index in [1.165, 1.54) is 30.0 Å². The molecule has 1 N–H and O–H groups in total. The molecule has 7 nitrogen and oxygen atoms in total. The fraction of sp³-hybridized carbons (Fsp3) is 0.619. The molecule has 0 bridgehead atoms. The second-order valence-corrected chi connectivity index (χ2v) is 8.04. The van der Waals surface area contributed by atoms with Crippen LogP contribution in [0, 0.1) is 6.92 Å². The van der Waals surface area contributed by atoms with E-state index < -0.39 is 0 Å². The Morgan fingerprint density at radius 2 is 1.89 bits per heavy atom. The van der Waals surface area contributed by atoms with E-state index in [-0.39, 0.29) is 30.0 Å². The highest BCUT2D eigenvalue weighted by molar-refractivity contribution is 5.76. The van der Waals surface area contributed by atoms with Crippen LogP contribution in [-0.4, -0.2) is 26.9 Å². The first-order chi connectivity index (χ1) is 13.4. The quantitative estimate of drug-likeness (QED) is 0.848. The summed E-state index contributed by atoms with van der Waals surface area (Å²) < 4.78 is 6.57. The van der Waals surface area contributed by atoms with Gasteiger partial charge in [-0.25, -0.2) is 4.68 Å². The molecule has 0 unspecified atom stereocenters. The second kappa shape index (κ2) is 9.17. The molecule has 1 amide bonds.